The first-order valence-electron chi connectivity index (χ1n) is 2.55. The van der Waals surface area contributed by atoms with Gasteiger partial charge in [0.15, 0.2) is 5.78 Å². The number of ketones is 1. The zero-order chi connectivity index (χ0) is 6.85. The van der Waals surface area contributed by atoms with Crippen LogP contribution >= 0.6 is 0 Å². The summed E-state index contributed by atoms with van der Waals surface area (Å²) in [6.07, 6.45) is 0. The lowest BCUT2D eigenvalue weighted by Gasteiger charge is -2.05. The third-order valence-corrected chi connectivity index (χ3v) is 0.919. The third kappa shape index (κ3) is 1.17. The maximum absolute atomic E-state index is 10.5. The Morgan fingerprint density at radius 2 is 2.44 bits per heavy atom. The fraction of sp³-hybridized carbons (Fsp3) is 0.500. The van der Waals surface area contributed by atoms with Crippen LogP contribution < -0.4 is 11.0 Å². The van der Waals surface area contributed by atoms with E-state index in [2.05, 4.69) is 16.1 Å². The van der Waals surface area contributed by atoms with Crippen LogP contribution in [0.4, 0.5) is 0 Å². The minimum atomic E-state index is -0.0770. The number of nitrogens with zero attached hydrogens (tertiary/aromatic N) is 2. The number of amidine groups is 1. The Labute approximate surface area is 52.7 Å². The van der Waals surface area contributed by atoms with E-state index < -0.39 is 0 Å². The Morgan fingerprint density at radius 1 is 1.78 bits per heavy atom. The normalized spacial score (nSPS) is 18.2. The zero-order valence-corrected chi connectivity index (χ0v) is 5.30. The van der Waals surface area contributed by atoms with E-state index in [1.807, 2.05) is 0 Å². The van der Waals surface area contributed by atoms with E-state index in [1.54, 1.807) is 7.05 Å². The van der Waals surface area contributed by atoms with Gasteiger partial charge in [-0.2, -0.15) is 0 Å². The molecule has 0 amide bonds. The van der Waals surface area contributed by atoms with Gasteiger partial charge in [-0.05, 0) is 0 Å². The molecular weight excluding hydrogens is 120 g/mol. The van der Waals surface area contributed by atoms with Gasteiger partial charge in [-0.3, -0.25) is 10.2 Å². The molecule has 1 aliphatic rings. The highest BCUT2D eigenvalue weighted by Crippen LogP contribution is 1.83. The first-order valence-corrected chi connectivity index (χ1v) is 2.55. The van der Waals surface area contributed by atoms with E-state index in [0.717, 1.165) is 0 Å². The van der Waals surface area contributed by atoms with Gasteiger partial charge in [0.2, 0.25) is 5.84 Å². The van der Waals surface area contributed by atoms with Crippen molar-refractivity contribution in [3.05, 3.63) is 0 Å². The van der Waals surface area contributed by atoms with E-state index in [4.69, 9.17) is 0 Å². The molecule has 0 fully saturated rings. The summed E-state index contributed by atoms with van der Waals surface area (Å²) < 4.78 is 0. The molecule has 2 N–H and O–H groups in total. The van der Waals surface area contributed by atoms with Gasteiger partial charge in [0.1, 0.15) is 0 Å². The average molecular weight is 128 g/mol. The predicted octanol–water partition coefficient (Wildman–Crippen LogP) is -1.16. The van der Waals surface area contributed by atoms with Crippen molar-refractivity contribution in [3.8, 4) is 0 Å². The first-order chi connectivity index (χ1) is 4.20. The molecule has 1 heterocycles. The Kier molecular flexibility index (Phi) is 1.35. The van der Waals surface area contributed by atoms with E-state index in [0.29, 0.717) is 5.84 Å². The SMILES string of the molecule is CC(=O)C1=NNN(C)N1. The Hall–Kier alpha value is -1.10. The lowest BCUT2D eigenvalue weighted by atomic mass is 10.4. The first kappa shape index (κ1) is 6.03. The summed E-state index contributed by atoms with van der Waals surface area (Å²) in [7, 11) is 1.72. The second kappa shape index (κ2) is 2.02. The van der Waals surface area contributed by atoms with Crippen molar-refractivity contribution >= 4 is 11.6 Å². The van der Waals surface area contributed by atoms with Gasteiger partial charge in [-0.1, -0.05) is 0 Å². The second-order valence-electron chi connectivity index (χ2n) is 1.79. The molecule has 0 spiro atoms. The van der Waals surface area contributed by atoms with E-state index in [-0.39, 0.29) is 5.78 Å². The molecule has 0 aliphatic carbocycles. The standard InChI is InChI=1S/C4H8N4O/c1-3(9)4-5-7-8(2)6-4/h7H,1-2H3,(H,5,6). The number of hydrazine groups is 2. The minimum absolute atomic E-state index is 0.0770. The van der Waals surface area contributed by atoms with Crippen molar-refractivity contribution in [2.24, 2.45) is 5.10 Å². The van der Waals surface area contributed by atoms with Crippen molar-refractivity contribution in [1.82, 2.24) is 16.1 Å². The molecule has 0 saturated carbocycles. The Morgan fingerprint density at radius 3 is 2.67 bits per heavy atom. The number of carbonyl (C=O) groups is 1. The van der Waals surface area contributed by atoms with Gasteiger partial charge in [0.05, 0.1) is 0 Å². The highest BCUT2D eigenvalue weighted by molar-refractivity contribution is 6.37. The quantitative estimate of drug-likeness (QED) is 0.468. The smallest absolute Gasteiger partial charge is 0.206 e. The van der Waals surface area contributed by atoms with Crippen LogP contribution in [-0.2, 0) is 4.79 Å². The lowest BCUT2D eigenvalue weighted by Crippen LogP contribution is -2.39. The topological polar surface area (TPSA) is 56.7 Å². The molecule has 0 bridgehead atoms. The van der Waals surface area contributed by atoms with Crippen LogP contribution in [0.3, 0.4) is 0 Å². The van der Waals surface area contributed by atoms with E-state index >= 15 is 0 Å². The number of rotatable bonds is 1. The van der Waals surface area contributed by atoms with E-state index in [1.165, 1.54) is 12.0 Å². The maximum atomic E-state index is 10.5. The fourth-order valence-corrected chi connectivity index (χ4v) is 0.491. The Balaban J connectivity index is 2.55. The van der Waals surface area contributed by atoms with Crippen LogP contribution in [0.1, 0.15) is 6.92 Å². The summed E-state index contributed by atoms with van der Waals surface area (Å²) >= 11 is 0. The van der Waals surface area contributed by atoms with Crippen LogP contribution in [0.15, 0.2) is 5.10 Å². The molecule has 0 aromatic heterocycles. The monoisotopic (exact) mass is 128 g/mol. The molecule has 0 atom stereocenters. The molecule has 5 heteroatoms. The van der Waals surface area contributed by atoms with Gasteiger partial charge < -0.3 is 0 Å². The van der Waals surface area contributed by atoms with Crippen molar-refractivity contribution in [2.75, 3.05) is 7.05 Å². The van der Waals surface area contributed by atoms with Gasteiger partial charge in [-0.15, -0.1) is 10.2 Å². The van der Waals surface area contributed by atoms with Gasteiger partial charge in [-0.25, -0.2) is 5.53 Å². The summed E-state index contributed by atoms with van der Waals surface area (Å²) in [5.41, 5.74) is 5.22. The van der Waals surface area contributed by atoms with Crippen molar-refractivity contribution in [1.29, 1.82) is 0 Å². The largest absolute Gasteiger partial charge is 0.291 e. The Bertz CT molecular complexity index is 164. The average Bonchev–Trinajstić information content (AvgIpc) is 2.14. The number of hydrogen-bond donors (Lipinski definition) is 2. The molecule has 1 aliphatic heterocycles. The van der Waals surface area contributed by atoms with Crippen LogP contribution in [0, 0.1) is 0 Å². The molecular formula is C4H8N4O. The summed E-state index contributed by atoms with van der Waals surface area (Å²) in [6.45, 7) is 1.45. The van der Waals surface area contributed by atoms with Crippen molar-refractivity contribution < 1.29 is 4.79 Å². The minimum Gasteiger partial charge on any atom is -0.291 e. The highest BCUT2D eigenvalue weighted by atomic mass is 16.1. The number of nitrogens with one attached hydrogen (secondary N) is 2. The van der Waals surface area contributed by atoms with Gasteiger partial charge >= 0.3 is 0 Å². The molecule has 0 saturated heterocycles. The molecule has 5 nitrogen and oxygen atoms in total. The van der Waals surface area contributed by atoms with Crippen LogP contribution in [0.2, 0.25) is 0 Å². The number of hydrogen-bond acceptors (Lipinski definition) is 5. The lowest BCUT2D eigenvalue weighted by molar-refractivity contribution is -0.111. The van der Waals surface area contributed by atoms with Crippen LogP contribution in [0.5, 0.6) is 0 Å². The highest BCUT2D eigenvalue weighted by Gasteiger charge is 2.12. The number of Topliss-reactive ketones (excluding diaryl/α,β-unsaturated/α-hetero) is 1. The fourth-order valence-electron chi connectivity index (χ4n) is 0.491. The molecule has 9 heavy (non-hydrogen) atoms. The number of carbonyl (C=O) groups excluding carboxylic acids is 1. The number of hydrazone groups is 1. The molecule has 0 radical (unpaired) electrons. The summed E-state index contributed by atoms with van der Waals surface area (Å²) in [5.74, 6) is 0.268. The second-order valence-corrected chi connectivity index (χ2v) is 1.79. The molecule has 1 rings (SSSR count). The summed E-state index contributed by atoms with van der Waals surface area (Å²) in [4.78, 5) is 10.5. The van der Waals surface area contributed by atoms with E-state index in [9.17, 15) is 4.79 Å². The third-order valence-electron chi connectivity index (χ3n) is 0.919. The van der Waals surface area contributed by atoms with Gasteiger partial charge in [0.25, 0.3) is 0 Å². The molecule has 0 aromatic rings. The molecule has 50 valence electrons. The van der Waals surface area contributed by atoms with Gasteiger partial charge in [0, 0.05) is 14.0 Å². The predicted molar refractivity (Wildman–Crippen MR) is 32.2 cm³/mol. The van der Waals surface area contributed by atoms with Crippen molar-refractivity contribution in [3.63, 3.8) is 0 Å². The maximum Gasteiger partial charge on any atom is 0.206 e. The summed E-state index contributed by atoms with van der Waals surface area (Å²) in [6, 6.07) is 0. The molecule has 0 aromatic carbocycles. The zero-order valence-electron chi connectivity index (χ0n) is 5.30. The van der Waals surface area contributed by atoms with Crippen molar-refractivity contribution in [2.45, 2.75) is 6.92 Å². The summed E-state index contributed by atoms with van der Waals surface area (Å²) in [5, 5.41) is 5.14. The molecule has 0 unspecified atom stereocenters. The van der Waals surface area contributed by atoms with Crippen LogP contribution in [-0.4, -0.2) is 23.8 Å². The van der Waals surface area contributed by atoms with Crippen LogP contribution in [0.25, 0.3) is 0 Å².